The lowest BCUT2D eigenvalue weighted by molar-refractivity contribution is 0.672. The highest BCUT2D eigenvalue weighted by Gasteiger charge is 2.22. The van der Waals surface area contributed by atoms with Crippen molar-refractivity contribution in [2.45, 2.75) is 0 Å². The number of benzene rings is 10. The zero-order chi connectivity index (χ0) is 37.5. The second-order valence-electron chi connectivity index (χ2n) is 14.9. The summed E-state index contributed by atoms with van der Waals surface area (Å²) in [7, 11) is 0. The summed E-state index contributed by atoms with van der Waals surface area (Å²) < 4.78 is 9.10. The Labute approximate surface area is 328 Å². The lowest BCUT2D eigenvalue weighted by atomic mass is 9.97. The Bertz CT molecular complexity index is 3480. The highest BCUT2D eigenvalue weighted by Crippen LogP contribution is 2.45. The molecule has 0 unspecified atom stereocenters. The summed E-state index contributed by atoms with van der Waals surface area (Å²) in [4.78, 5) is 2.39. The Morgan fingerprint density at radius 2 is 0.965 bits per heavy atom. The second kappa shape index (κ2) is 12.5. The van der Waals surface area contributed by atoms with Crippen LogP contribution in [0.25, 0.3) is 92.9 Å². The molecule has 0 amide bonds. The number of anilines is 3. The van der Waals surface area contributed by atoms with Crippen LogP contribution in [0.3, 0.4) is 0 Å². The van der Waals surface area contributed by atoms with Gasteiger partial charge >= 0.3 is 0 Å². The lowest BCUT2D eigenvalue weighted by Gasteiger charge is -2.27. The third-order valence-electron chi connectivity index (χ3n) is 11.7. The molecule has 0 atom stereocenters. The van der Waals surface area contributed by atoms with Gasteiger partial charge in [0.1, 0.15) is 11.2 Å². The monoisotopic (exact) mass is 726 g/mol. The van der Waals surface area contributed by atoms with Gasteiger partial charge in [0.15, 0.2) is 0 Å². The summed E-state index contributed by atoms with van der Waals surface area (Å²) >= 11 is 0. The second-order valence-corrected chi connectivity index (χ2v) is 14.9. The van der Waals surface area contributed by atoms with Gasteiger partial charge in [-0.25, -0.2) is 0 Å². The average molecular weight is 727 g/mol. The first-order chi connectivity index (χ1) is 28.3. The highest BCUT2D eigenvalue weighted by atomic mass is 16.3. The molecule has 0 saturated carbocycles. The van der Waals surface area contributed by atoms with Gasteiger partial charge in [0, 0.05) is 38.6 Å². The summed E-state index contributed by atoms with van der Waals surface area (Å²) in [6.45, 7) is 0. The summed E-state index contributed by atoms with van der Waals surface area (Å²) in [5.41, 5.74) is 10.8. The van der Waals surface area contributed by atoms with Crippen LogP contribution in [0.4, 0.5) is 17.1 Å². The van der Waals surface area contributed by atoms with E-state index < -0.39 is 0 Å². The third-order valence-corrected chi connectivity index (χ3v) is 11.7. The van der Waals surface area contributed by atoms with Crippen LogP contribution in [-0.4, -0.2) is 4.57 Å². The standard InChI is InChI=1S/C54H34N2O/c1-3-15-43-36(11-1)23-24-39-33-38(28-31-44(39)43)35-25-29-40(30-26-35)55(51-21-10-22-52-53(51)48-32-27-37-12-2-4-16-45(37)54(48)57-52)41-13-9-14-42(34-41)56-49-19-7-5-17-46(49)47-18-6-8-20-50(47)56/h1-34H. The molecule has 10 aromatic carbocycles. The Balaban J connectivity index is 1.06. The Hall–Kier alpha value is -7.62. The molecule has 0 N–H and O–H groups in total. The quantitative estimate of drug-likeness (QED) is 0.165. The third kappa shape index (κ3) is 4.92. The molecule has 0 spiro atoms. The fourth-order valence-corrected chi connectivity index (χ4v) is 9.12. The van der Waals surface area contributed by atoms with Crippen LogP contribution in [-0.2, 0) is 0 Å². The smallest absolute Gasteiger partial charge is 0.143 e. The number of nitrogens with zero attached hydrogens (tertiary/aromatic N) is 2. The lowest BCUT2D eigenvalue weighted by Crippen LogP contribution is -2.11. The molecular weight excluding hydrogens is 693 g/mol. The van der Waals surface area contributed by atoms with Crippen LogP contribution in [0.2, 0.25) is 0 Å². The average Bonchev–Trinajstić information content (AvgIpc) is 3.84. The molecule has 3 nitrogen and oxygen atoms in total. The molecule has 0 saturated heterocycles. The van der Waals surface area contributed by atoms with Gasteiger partial charge in [0.05, 0.1) is 22.1 Å². The first kappa shape index (κ1) is 31.7. The van der Waals surface area contributed by atoms with Crippen molar-refractivity contribution in [1.82, 2.24) is 4.57 Å². The Morgan fingerprint density at radius 3 is 1.75 bits per heavy atom. The van der Waals surface area contributed by atoms with Crippen molar-refractivity contribution in [3.8, 4) is 16.8 Å². The molecule has 0 aliphatic heterocycles. The number of fused-ring (bicyclic) bond motifs is 11. The molecule has 12 aromatic rings. The maximum Gasteiger partial charge on any atom is 0.143 e. The molecule has 0 aliphatic rings. The molecule has 0 bridgehead atoms. The molecule has 266 valence electrons. The zero-order valence-electron chi connectivity index (χ0n) is 30.9. The molecule has 0 radical (unpaired) electrons. The normalized spacial score (nSPS) is 11.9. The van der Waals surface area contributed by atoms with Gasteiger partial charge in [0.2, 0.25) is 0 Å². The summed E-state index contributed by atoms with van der Waals surface area (Å²) in [5, 5.41) is 12.0. The van der Waals surface area contributed by atoms with Crippen LogP contribution < -0.4 is 4.90 Å². The van der Waals surface area contributed by atoms with Gasteiger partial charge in [-0.15, -0.1) is 0 Å². The van der Waals surface area contributed by atoms with Gasteiger partial charge in [-0.05, 0) is 105 Å². The van der Waals surface area contributed by atoms with Gasteiger partial charge in [-0.3, -0.25) is 0 Å². The van der Waals surface area contributed by atoms with E-state index in [2.05, 4.69) is 216 Å². The van der Waals surface area contributed by atoms with E-state index in [1.165, 1.54) is 59.9 Å². The Kier molecular flexibility index (Phi) is 6.93. The van der Waals surface area contributed by atoms with Gasteiger partial charge in [-0.1, -0.05) is 140 Å². The van der Waals surface area contributed by atoms with Crippen LogP contribution in [0.5, 0.6) is 0 Å². The highest BCUT2D eigenvalue weighted by molar-refractivity contribution is 6.19. The van der Waals surface area contributed by atoms with Crippen molar-refractivity contribution < 1.29 is 4.42 Å². The fourth-order valence-electron chi connectivity index (χ4n) is 9.12. The molecule has 2 aromatic heterocycles. The van der Waals surface area contributed by atoms with E-state index in [-0.39, 0.29) is 0 Å². The minimum absolute atomic E-state index is 0.864. The minimum atomic E-state index is 0.864. The van der Waals surface area contributed by atoms with Crippen molar-refractivity contribution in [3.05, 3.63) is 206 Å². The summed E-state index contributed by atoms with van der Waals surface area (Å²) in [6.07, 6.45) is 0. The number of rotatable bonds is 5. The van der Waals surface area contributed by atoms with E-state index in [1.54, 1.807) is 0 Å². The fraction of sp³-hybridized carbons (Fsp3) is 0. The molecule has 0 aliphatic carbocycles. The van der Waals surface area contributed by atoms with Gasteiger partial charge < -0.3 is 13.9 Å². The van der Waals surface area contributed by atoms with E-state index in [9.17, 15) is 0 Å². The van der Waals surface area contributed by atoms with Crippen LogP contribution in [0, 0.1) is 0 Å². The SMILES string of the molecule is c1cc(N(c2ccc(-c3ccc4c(ccc5ccccc54)c3)cc2)c2cccc3oc4c5ccccc5ccc4c23)cc(-n2c3ccccc3c3ccccc32)c1. The number of hydrogen-bond acceptors (Lipinski definition) is 2. The zero-order valence-corrected chi connectivity index (χ0v) is 30.9. The molecular formula is C54H34N2O. The van der Waals surface area contributed by atoms with E-state index in [1.807, 2.05) is 0 Å². The summed E-state index contributed by atoms with van der Waals surface area (Å²) in [6, 6.07) is 74.5. The molecule has 2 heterocycles. The first-order valence-corrected chi connectivity index (χ1v) is 19.5. The van der Waals surface area contributed by atoms with E-state index in [4.69, 9.17) is 4.42 Å². The number of para-hydroxylation sites is 2. The largest absolute Gasteiger partial charge is 0.455 e. The molecule has 3 heteroatoms. The van der Waals surface area contributed by atoms with Crippen molar-refractivity contribution in [3.63, 3.8) is 0 Å². The van der Waals surface area contributed by atoms with Crippen LogP contribution in [0.15, 0.2) is 211 Å². The molecule has 0 fully saturated rings. The van der Waals surface area contributed by atoms with Crippen LogP contribution >= 0.6 is 0 Å². The maximum atomic E-state index is 6.72. The summed E-state index contributed by atoms with van der Waals surface area (Å²) in [5.74, 6) is 0. The molecule has 57 heavy (non-hydrogen) atoms. The van der Waals surface area contributed by atoms with E-state index in [0.717, 1.165) is 50.1 Å². The Morgan fingerprint density at radius 1 is 0.368 bits per heavy atom. The van der Waals surface area contributed by atoms with Crippen molar-refractivity contribution in [1.29, 1.82) is 0 Å². The van der Waals surface area contributed by atoms with Gasteiger partial charge in [0.25, 0.3) is 0 Å². The predicted molar refractivity (Wildman–Crippen MR) is 241 cm³/mol. The first-order valence-electron chi connectivity index (χ1n) is 19.5. The minimum Gasteiger partial charge on any atom is -0.455 e. The van der Waals surface area contributed by atoms with Crippen molar-refractivity contribution in [2.24, 2.45) is 0 Å². The van der Waals surface area contributed by atoms with Gasteiger partial charge in [-0.2, -0.15) is 0 Å². The molecule has 12 rings (SSSR count). The van der Waals surface area contributed by atoms with Crippen LogP contribution in [0.1, 0.15) is 0 Å². The number of furan rings is 1. The number of hydrogen-bond donors (Lipinski definition) is 0. The topological polar surface area (TPSA) is 21.3 Å². The van der Waals surface area contributed by atoms with Crippen molar-refractivity contribution in [2.75, 3.05) is 4.90 Å². The predicted octanol–water partition coefficient (Wildman–Crippen LogP) is 15.3. The van der Waals surface area contributed by atoms with Crippen molar-refractivity contribution >= 4 is 93.1 Å². The van der Waals surface area contributed by atoms with E-state index >= 15 is 0 Å². The van der Waals surface area contributed by atoms with E-state index in [0.29, 0.717) is 0 Å². The maximum absolute atomic E-state index is 6.72. The number of aromatic nitrogens is 1.